The van der Waals surface area contributed by atoms with Gasteiger partial charge in [-0.2, -0.15) is 5.26 Å². The molecule has 3 nitrogen and oxygen atoms in total. The van der Waals surface area contributed by atoms with Crippen LogP contribution in [0.1, 0.15) is 22.0 Å². The minimum absolute atomic E-state index is 0.147. The Kier molecular flexibility index (Phi) is 4.20. The highest BCUT2D eigenvalue weighted by atomic mass is 32.1. The summed E-state index contributed by atoms with van der Waals surface area (Å²) in [6, 6.07) is 12.0. The van der Waals surface area contributed by atoms with Gasteiger partial charge in [0.2, 0.25) is 0 Å². The number of nitriles is 1. The van der Waals surface area contributed by atoms with Crippen molar-refractivity contribution in [1.29, 1.82) is 5.26 Å². The van der Waals surface area contributed by atoms with Gasteiger partial charge in [0.05, 0.1) is 17.7 Å². The number of nitrogens with two attached hydrogens (primary N) is 1. The Morgan fingerprint density at radius 3 is 2.79 bits per heavy atom. The predicted octanol–water partition coefficient (Wildman–Crippen LogP) is 3.06. The number of likely N-dealkylation sites (N-methyl/N-ethyl adjacent to an activating group) is 1. The first kappa shape index (κ1) is 13.6. The third kappa shape index (κ3) is 2.78. The largest absolute Gasteiger partial charge is 0.365 e. The van der Waals surface area contributed by atoms with E-state index in [2.05, 4.69) is 29.3 Å². The quantitative estimate of drug-likeness (QED) is 0.929. The molecule has 98 valence electrons. The van der Waals surface area contributed by atoms with Gasteiger partial charge in [-0.3, -0.25) is 0 Å². The summed E-state index contributed by atoms with van der Waals surface area (Å²) >= 11 is 1.73. The zero-order valence-electron chi connectivity index (χ0n) is 11.1. The maximum absolute atomic E-state index is 8.98. The summed E-state index contributed by atoms with van der Waals surface area (Å²) in [7, 11) is 2.02. The zero-order valence-corrected chi connectivity index (χ0v) is 11.9. The van der Waals surface area contributed by atoms with Gasteiger partial charge in [-0.15, -0.1) is 11.3 Å². The number of hydrogen-bond acceptors (Lipinski definition) is 4. The van der Waals surface area contributed by atoms with Gasteiger partial charge in [-0.1, -0.05) is 6.07 Å². The fraction of sp³-hybridized carbons (Fsp3) is 0.267. The van der Waals surface area contributed by atoms with Crippen molar-refractivity contribution in [3.63, 3.8) is 0 Å². The van der Waals surface area contributed by atoms with Crippen molar-refractivity contribution in [2.24, 2.45) is 5.73 Å². The SMILES string of the molecule is Cc1ccsc1C(CN)N(C)c1cccc(C#N)c1. The standard InChI is InChI=1S/C15H17N3S/c1-11-6-7-19-15(11)14(10-17)18(2)13-5-3-4-12(8-13)9-16/h3-8,14H,10,17H2,1-2H3. The molecular formula is C15H17N3S. The van der Waals surface area contributed by atoms with Crippen LogP contribution < -0.4 is 10.6 Å². The Bertz CT molecular complexity index is 597. The highest BCUT2D eigenvalue weighted by molar-refractivity contribution is 7.10. The van der Waals surface area contributed by atoms with Crippen LogP contribution >= 0.6 is 11.3 Å². The molecule has 0 bridgehead atoms. The highest BCUT2D eigenvalue weighted by Crippen LogP contribution is 2.30. The summed E-state index contributed by atoms with van der Waals surface area (Å²) in [5.41, 5.74) is 8.89. The van der Waals surface area contributed by atoms with E-state index in [1.807, 2.05) is 31.3 Å². The molecule has 19 heavy (non-hydrogen) atoms. The van der Waals surface area contributed by atoms with E-state index in [0.29, 0.717) is 12.1 Å². The molecule has 0 saturated heterocycles. The highest BCUT2D eigenvalue weighted by Gasteiger charge is 2.19. The van der Waals surface area contributed by atoms with Crippen LogP contribution in [0.4, 0.5) is 5.69 Å². The molecule has 2 rings (SSSR count). The van der Waals surface area contributed by atoms with E-state index >= 15 is 0 Å². The first-order valence-corrected chi connectivity index (χ1v) is 7.02. The summed E-state index contributed by atoms with van der Waals surface area (Å²) < 4.78 is 0. The van der Waals surface area contributed by atoms with Gasteiger partial charge in [0.25, 0.3) is 0 Å². The predicted molar refractivity (Wildman–Crippen MR) is 80.4 cm³/mol. The lowest BCUT2D eigenvalue weighted by atomic mass is 10.1. The van der Waals surface area contributed by atoms with Crippen molar-refractivity contribution in [3.05, 3.63) is 51.7 Å². The van der Waals surface area contributed by atoms with Crippen molar-refractivity contribution < 1.29 is 0 Å². The van der Waals surface area contributed by atoms with E-state index in [9.17, 15) is 0 Å². The average Bonchev–Trinajstić information content (AvgIpc) is 2.86. The van der Waals surface area contributed by atoms with Crippen molar-refractivity contribution in [3.8, 4) is 6.07 Å². The van der Waals surface area contributed by atoms with Crippen molar-refractivity contribution >= 4 is 17.0 Å². The molecule has 1 aromatic carbocycles. The molecule has 0 aliphatic rings. The van der Waals surface area contributed by atoms with Crippen LogP contribution in [0, 0.1) is 18.3 Å². The Balaban J connectivity index is 2.33. The second-order valence-corrected chi connectivity index (χ2v) is 5.44. The molecule has 0 saturated carbocycles. The van der Waals surface area contributed by atoms with Crippen LogP contribution in [0.15, 0.2) is 35.7 Å². The van der Waals surface area contributed by atoms with Crippen molar-refractivity contribution in [1.82, 2.24) is 0 Å². The molecule has 1 atom stereocenters. The number of thiophene rings is 1. The smallest absolute Gasteiger partial charge is 0.0992 e. The van der Waals surface area contributed by atoms with E-state index in [1.165, 1.54) is 10.4 Å². The topological polar surface area (TPSA) is 53.0 Å². The Morgan fingerprint density at radius 2 is 2.21 bits per heavy atom. The Labute approximate surface area is 117 Å². The summed E-state index contributed by atoms with van der Waals surface area (Å²) in [6.45, 7) is 2.66. The van der Waals surface area contributed by atoms with Crippen LogP contribution in [0.3, 0.4) is 0 Å². The molecule has 0 spiro atoms. The maximum atomic E-state index is 8.98. The van der Waals surface area contributed by atoms with Gasteiger partial charge in [0, 0.05) is 24.2 Å². The minimum atomic E-state index is 0.147. The normalized spacial score (nSPS) is 11.9. The lowest BCUT2D eigenvalue weighted by Gasteiger charge is -2.29. The van der Waals surface area contributed by atoms with Gasteiger partial charge in [0.15, 0.2) is 0 Å². The molecule has 0 aliphatic heterocycles. The molecule has 0 radical (unpaired) electrons. The molecule has 0 aliphatic carbocycles. The third-order valence-electron chi connectivity index (χ3n) is 3.28. The van der Waals surface area contributed by atoms with Gasteiger partial charge in [-0.25, -0.2) is 0 Å². The number of rotatable bonds is 4. The maximum Gasteiger partial charge on any atom is 0.0992 e. The number of aryl methyl sites for hydroxylation is 1. The van der Waals surface area contributed by atoms with E-state index in [1.54, 1.807) is 11.3 Å². The summed E-state index contributed by atoms with van der Waals surface area (Å²) in [4.78, 5) is 3.42. The van der Waals surface area contributed by atoms with E-state index in [4.69, 9.17) is 11.0 Å². The van der Waals surface area contributed by atoms with Gasteiger partial charge in [-0.05, 0) is 42.1 Å². The molecule has 1 aromatic heterocycles. The lowest BCUT2D eigenvalue weighted by molar-refractivity contribution is 0.689. The monoisotopic (exact) mass is 271 g/mol. The lowest BCUT2D eigenvalue weighted by Crippen LogP contribution is -2.30. The van der Waals surface area contributed by atoms with Crippen LogP contribution in [0.25, 0.3) is 0 Å². The van der Waals surface area contributed by atoms with Gasteiger partial charge >= 0.3 is 0 Å². The van der Waals surface area contributed by atoms with Crippen LogP contribution in [0.2, 0.25) is 0 Å². The summed E-state index contributed by atoms with van der Waals surface area (Å²) in [5.74, 6) is 0. The molecular weight excluding hydrogens is 254 g/mol. The number of benzene rings is 1. The van der Waals surface area contributed by atoms with Crippen molar-refractivity contribution in [2.45, 2.75) is 13.0 Å². The summed E-state index contributed by atoms with van der Waals surface area (Å²) in [6.07, 6.45) is 0. The van der Waals surface area contributed by atoms with Crippen LogP contribution in [0.5, 0.6) is 0 Å². The first-order chi connectivity index (χ1) is 9.17. The first-order valence-electron chi connectivity index (χ1n) is 6.14. The van der Waals surface area contributed by atoms with Crippen LogP contribution in [-0.4, -0.2) is 13.6 Å². The molecule has 2 N–H and O–H groups in total. The van der Waals surface area contributed by atoms with E-state index < -0.39 is 0 Å². The molecule has 2 aromatic rings. The summed E-state index contributed by atoms with van der Waals surface area (Å²) in [5, 5.41) is 11.1. The van der Waals surface area contributed by atoms with Gasteiger partial charge in [0.1, 0.15) is 0 Å². The fourth-order valence-corrected chi connectivity index (χ4v) is 3.23. The zero-order chi connectivity index (χ0) is 13.8. The van der Waals surface area contributed by atoms with Crippen LogP contribution in [-0.2, 0) is 0 Å². The number of hydrogen-bond donors (Lipinski definition) is 1. The van der Waals surface area contributed by atoms with E-state index in [0.717, 1.165) is 5.69 Å². The average molecular weight is 271 g/mol. The fourth-order valence-electron chi connectivity index (χ4n) is 2.14. The van der Waals surface area contributed by atoms with E-state index in [-0.39, 0.29) is 6.04 Å². The molecule has 4 heteroatoms. The molecule has 0 fully saturated rings. The minimum Gasteiger partial charge on any atom is -0.365 e. The molecule has 0 amide bonds. The van der Waals surface area contributed by atoms with Gasteiger partial charge < -0.3 is 10.6 Å². The van der Waals surface area contributed by atoms with Crippen molar-refractivity contribution in [2.75, 3.05) is 18.5 Å². The second-order valence-electron chi connectivity index (χ2n) is 4.49. The number of anilines is 1. The number of nitrogens with zero attached hydrogens (tertiary/aromatic N) is 2. The molecule has 1 heterocycles. The second kappa shape index (κ2) is 5.87. The Hall–Kier alpha value is -1.83. The molecule has 1 unspecified atom stereocenters. The Morgan fingerprint density at radius 1 is 1.42 bits per heavy atom. The third-order valence-corrected chi connectivity index (χ3v) is 4.40.